The van der Waals surface area contributed by atoms with Crippen LogP contribution in [-0.2, 0) is 45.7 Å². The number of carbonyl (C=O) groups is 2. The zero-order valence-electron chi connectivity index (χ0n) is 22.6. The summed E-state index contributed by atoms with van der Waals surface area (Å²) in [6.45, 7) is -0.194. The molecule has 0 fully saturated rings. The Balaban J connectivity index is 1.67. The molecular formula is C31H32ClN3O5S. The van der Waals surface area contributed by atoms with Gasteiger partial charge in [-0.2, -0.15) is 4.31 Å². The molecule has 0 aliphatic heterocycles. The maximum Gasteiger partial charge on any atom is 0.243 e. The maximum atomic E-state index is 14.0. The summed E-state index contributed by atoms with van der Waals surface area (Å²) in [5, 5.41) is 3.42. The fourth-order valence-corrected chi connectivity index (χ4v) is 5.22. The van der Waals surface area contributed by atoms with Crippen molar-refractivity contribution in [3.8, 4) is 0 Å². The number of rotatable bonds is 13. The van der Waals surface area contributed by atoms with E-state index in [0.717, 1.165) is 27.3 Å². The Kier molecular flexibility index (Phi) is 10.3. The molecule has 4 rings (SSSR count). The number of nitrogens with one attached hydrogen (secondary N) is 1. The van der Waals surface area contributed by atoms with Gasteiger partial charge >= 0.3 is 0 Å². The summed E-state index contributed by atoms with van der Waals surface area (Å²) in [6, 6.07) is 27.9. The van der Waals surface area contributed by atoms with E-state index in [4.69, 9.17) is 16.0 Å². The third-order valence-electron chi connectivity index (χ3n) is 6.54. The second-order valence-electron chi connectivity index (χ2n) is 9.67. The standard InChI is InChI=1S/C31H32ClN3O5S/c1-41(38,39)34(21-25-11-6-3-7-12-25)23-30(36)35(22-26-14-16-27(32)17-15-26)29(19-24-9-4-2-5-10-24)31(37)33-20-28-13-8-18-40-28/h2-18,29H,19-23H2,1H3,(H,33,37)/t29-/m0/s1. The number of nitrogens with zero attached hydrogens (tertiary/aromatic N) is 2. The van der Waals surface area contributed by atoms with Crippen molar-refractivity contribution in [2.45, 2.75) is 32.1 Å². The number of benzene rings is 3. The van der Waals surface area contributed by atoms with Gasteiger partial charge in [0.1, 0.15) is 11.8 Å². The van der Waals surface area contributed by atoms with Crippen LogP contribution in [0.4, 0.5) is 0 Å². The van der Waals surface area contributed by atoms with E-state index in [-0.39, 0.29) is 32.0 Å². The number of carbonyl (C=O) groups excluding carboxylic acids is 2. The molecule has 0 aliphatic carbocycles. The second kappa shape index (κ2) is 14.1. The lowest BCUT2D eigenvalue weighted by Gasteiger charge is -2.33. The van der Waals surface area contributed by atoms with Gasteiger partial charge in [-0.3, -0.25) is 9.59 Å². The minimum Gasteiger partial charge on any atom is -0.467 e. The molecule has 0 saturated carbocycles. The zero-order valence-corrected chi connectivity index (χ0v) is 24.2. The highest BCUT2D eigenvalue weighted by molar-refractivity contribution is 7.88. The first-order valence-corrected chi connectivity index (χ1v) is 15.3. The number of sulfonamides is 1. The van der Waals surface area contributed by atoms with Crippen LogP contribution in [0.3, 0.4) is 0 Å². The summed E-state index contributed by atoms with van der Waals surface area (Å²) in [5.74, 6) is -0.324. The third kappa shape index (κ3) is 9.04. The predicted molar refractivity (Wildman–Crippen MR) is 158 cm³/mol. The van der Waals surface area contributed by atoms with Crippen LogP contribution in [0.15, 0.2) is 108 Å². The van der Waals surface area contributed by atoms with E-state index in [1.54, 1.807) is 48.5 Å². The molecule has 8 nitrogen and oxygen atoms in total. The lowest BCUT2D eigenvalue weighted by molar-refractivity contribution is -0.141. The fourth-order valence-electron chi connectivity index (χ4n) is 4.36. The number of furan rings is 1. The molecule has 10 heteroatoms. The van der Waals surface area contributed by atoms with Crippen molar-refractivity contribution < 1.29 is 22.4 Å². The molecule has 1 N–H and O–H groups in total. The highest BCUT2D eigenvalue weighted by Gasteiger charge is 2.33. The molecule has 1 aromatic heterocycles. The summed E-state index contributed by atoms with van der Waals surface area (Å²) in [6.07, 6.45) is 2.82. The lowest BCUT2D eigenvalue weighted by Crippen LogP contribution is -2.53. The normalized spacial score (nSPS) is 12.2. The molecular weight excluding hydrogens is 562 g/mol. The van der Waals surface area contributed by atoms with Gasteiger partial charge in [-0.05, 0) is 41.0 Å². The van der Waals surface area contributed by atoms with Crippen molar-refractivity contribution in [2.24, 2.45) is 0 Å². The predicted octanol–water partition coefficient (Wildman–Crippen LogP) is 4.65. The quantitative estimate of drug-likeness (QED) is 0.243. The van der Waals surface area contributed by atoms with Crippen LogP contribution in [0.2, 0.25) is 5.02 Å². The maximum absolute atomic E-state index is 14.0. The highest BCUT2D eigenvalue weighted by atomic mass is 35.5. The molecule has 214 valence electrons. The van der Waals surface area contributed by atoms with Gasteiger partial charge < -0.3 is 14.6 Å². The van der Waals surface area contributed by atoms with Crippen LogP contribution in [-0.4, -0.2) is 48.3 Å². The zero-order chi connectivity index (χ0) is 29.2. The first-order chi connectivity index (χ1) is 19.7. The Morgan fingerprint density at radius 3 is 2.02 bits per heavy atom. The molecule has 0 radical (unpaired) electrons. The molecule has 3 aromatic carbocycles. The van der Waals surface area contributed by atoms with Crippen molar-refractivity contribution in [3.63, 3.8) is 0 Å². The minimum atomic E-state index is -3.76. The average molecular weight is 594 g/mol. The van der Waals surface area contributed by atoms with Crippen LogP contribution in [0, 0.1) is 0 Å². The Bertz CT molecular complexity index is 1510. The van der Waals surface area contributed by atoms with Gasteiger partial charge in [0.25, 0.3) is 0 Å². The fraction of sp³-hybridized carbons (Fsp3) is 0.226. The Morgan fingerprint density at radius 2 is 1.44 bits per heavy atom. The summed E-state index contributed by atoms with van der Waals surface area (Å²) in [7, 11) is -3.76. The van der Waals surface area contributed by atoms with E-state index in [1.165, 1.54) is 11.2 Å². The number of amides is 2. The number of hydrogen-bond donors (Lipinski definition) is 1. The molecule has 1 atom stereocenters. The molecule has 0 unspecified atom stereocenters. The summed E-state index contributed by atoms with van der Waals surface area (Å²) in [4.78, 5) is 29.2. The molecule has 4 aromatic rings. The molecule has 0 aliphatic rings. The van der Waals surface area contributed by atoms with Crippen LogP contribution in [0.1, 0.15) is 22.5 Å². The van der Waals surface area contributed by atoms with Crippen LogP contribution < -0.4 is 5.32 Å². The summed E-state index contributed by atoms with van der Waals surface area (Å²) in [5.41, 5.74) is 2.34. The topological polar surface area (TPSA) is 99.9 Å². The van der Waals surface area contributed by atoms with E-state index in [9.17, 15) is 18.0 Å². The van der Waals surface area contributed by atoms with Crippen LogP contribution >= 0.6 is 11.6 Å². The van der Waals surface area contributed by atoms with Gasteiger partial charge in [0.05, 0.1) is 25.6 Å². The minimum absolute atomic E-state index is 0.0221. The molecule has 2 amide bonds. The SMILES string of the molecule is CS(=O)(=O)N(CC(=O)N(Cc1ccc(Cl)cc1)[C@@H](Cc1ccccc1)C(=O)NCc1ccco1)Cc1ccccc1. The monoisotopic (exact) mass is 593 g/mol. The van der Waals surface area contributed by atoms with Gasteiger partial charge in [-0.1, -0.05) is 84.4 Å². The van der Waals surface area contributed by atoms with Crippen LogP contribution in [0.25, 0.3) is 0 Å². The van der Waals surface area contributed by atoms with Crippen molar-refractivity contribution in [1.29, 1.82) is 0 Å². The van der Waals surface area contributed by atoms with E-state index >= 15 is 0 Å². The molecule has 0 spiro atoms. The lowest BCUT2D eigenvalue weighted by atomic mass is 10.0. The average Bonchev–Trinajstić information content (AvgIpc) is 3.49. The highest BCUT2D eigenvalue weighted by Crippen LogP contribution is 2.19. The Morgan fingerprint density at radius 1 is 0.829 bits per heavy atom. The first kappa shape index (κ1) is 30.0. The van der Waals surface area contributed by atoms with Crippen molar-refractivity contribution in [1.82, 2.24) is 14.5 Å². The van der Waals surface area contributed by atoms with Crippen molar-refractivity contribution in [3.05, 3.63) is 131 Å². The van der Waals surface area contributed by atoms with E-state index in [0.29, 0.717) is 10.8 Å². The Hall–Kier alpha value is -3.92. The smallest absolute Gasteiger partial charge is 0.243 e. The summed E-state index contributed by atoms with van der Waals surface area (Å²) >= 11 is 6.09. The molecule has 1 heterocycles. The molecule has 0 saturated heterocycles. The van der Waals surface area contributed by atoms with Crippen molar-refractivity contribution in [2.75, 3.05) is 12.8 Å². The summed E-state index contributed by atoms with van der Waals surface area (Å²) < 4.78 is 32.0. The van der Waals surface area contributed by atoms with Crippen LogP contribution in [0.5, 0.6) is 0 Å². The van der Waals surface area contributed by atoms with Crippen molar-refractivity contribution >= 4 is 33.4 Å². The van der Waals surface area contributed by atoms with Gasteiger partial charge in [-0.25, -0.2) is 8.42 Å². The van der Waals surface area contributed by atoms with Gasteiger partial charge in [0, 0.05) is 24.5 Å². The molecule has 41 heavy (non-hydrogen) atoms. The second-order valence-corrected chi connectivity index (χ2v) is 12.1. The van der Waals surface area contributed by atoms with E-state index in [2.05, 4.69) is 5.32 Å². The van der Waals surface area contributed by atoms with Gasteiger partial charge in [0.2, 0.25) is 21.8 Å². The number of halogens is 1. The first-order valence-electron chi connectivity index (χ1n) is 13.1. The third-order valence-corrected chi connectivity index (χ3v) is 7.98. The van der Waals surface area contributed by atoms with Gasteiger partial charge in [0.15, 0.2) is 0 Å². The van der Waals surface area contributed by atoms with Gasteiger partial charge in [-0.15, -0.1) is 0 Å². The Labute approximate surface area is 245 Å². The van der Waals surface area contributed by atoms with E-state index < -0.39 is 28.5 Å². The largest absolute Gasteiger partial charge is 0.467 e. The number of hydrogen-bond acceptors (Lipinski definition) is 5. The van der Waals surface area contributed by atoms with E-state index in [1.807, 2.05) is 48.5 Å². The molecule has 0 bridgehead atoms.